The molecule has 0 N–H and O–H groups in total. The van der Waals surface area contributed by atoms with Gasteiger partial charge in [0.25, 0.3) is 0 Å². The maximum Gasteiger partial charge on any atom is 0.100 e. The van der Waals surface area contributed by atoms with Gasteiger partial charge in [0.1, 0.15) is 6.33 Å². The van der Waals surface area contributed by atoms with Crippen molar-refractivity contribution in [1.82, 2.24) is 9.55 Å². The van der Waals surface area contributed by atoms with E-state index in [9.17, 15) is 0 Å². The summed E-state index contributed by atoms with van der Waals surface area (Å²) in [6.45, 7) is 0. The quantitative estimate of drug-likeness (QED) is 0.439. The molecule has 5 rings (SSSR count). The molecule has 0 spiro atoms. The van der Waals surface area contributed by atoms with Crippen LogP contribution in [0.3, 0.4) is 0 Å². The lowest BCUT2D eigenvalue weighted by molar-refractivity contribution is 1.09. The molecule has 1 aromatic heterocycles. The smallest absolute Gasteiger partial charge is 0.100 e. The molecule has 0 unspecified atom stereocenters. The van der Waals surface area contributed by atoms with E-state index in [4.69, 9.17) is 4.98 Å². The molecule has 104 valence electrons. The normalized spacial score (nSPS) is 12.4. The van der Waals surface area contributed by atoms with Crippen LogP contribution in [0.25, 0.3) is 27.8 Å². The highest BCUT2D eigenvalue weighted by molar-refractivity contribution is 5.92. The third-order valence-electron chi connectivity index (χ3n) is 4.53. The van der Waals surface area contributed by atoms with E-state index in [0.717, 1.165) is 17.6 Å². The van der Waals surface area contributed by atoms with Gasteiger partial charge in [-0.1, -0.05) is 48.5 Å². The molecule has 0 amide bonds. The van der Waals surface area contributed by atoms with Crippen LogP contribution in [0.2, 0.25) is 0 Å². The first kappa shape index (κ1) is 11.8. The fourth-order valence-corrected chi connectivity index (χ4v) is 3.49. The molecule has 4 aromatic rings. The molecule has 0 radical (unpaired) electrons. The fraction of sp³-hybridized carbons (Fsp3) is 0.0500. The largest absolute Gasteiger partial charge is 0.299 e. The summed E-state index contributed by atoms with van der Waals surface area (Å²) in [5.74, 6) is 0. The van der Waals surface area contributed by atoms with E-state index >= 15 is 0 Å². The minimum absolute atomic E-state index is 0.981. The van der Waals surface area contributed by atoms with Crippen LogP contribution >= 0.6 is 0 Å². The van der Waals surface area contributed by atoms with Crippen molar-refractivity contribution in [2.45, 2.75) is 6.42 Å². The van der Waals surface area contributed by atoms with Crippen molar-refractivity contribution in [3.05, 3.63) is 84.2 Å². The predicted octanol–water partition coefficient (Wildman–Crippen LogP) is 4.60. The second-order valence-electron chi connectivity index (χ2n) is 5.74. The highest BCUT2D eigenvalue weighted by atomic mass is 15.0. The lowest BCUT2D eigenvalue weighted by Gasteiger charge is -2.05. The number of nitrogens with zero attached hydrogens (tertiary/aromatic N) is 2. The second kappa shape index (κ2) is 4.31. The molecule has 0 aliphatic heterocycles. The Hall–Kier alpha value is -2.87. The van der Waals surface area contributed by atoms with Gasteiger partial charge in [-0.05, 0) is 40.5 Å². The molecule has 2 heteroatoms. The molecule has 0 bridgehead atoms. The Labute approximate surface area is 128 Å². The van der Waals surface area contributed by atoms with Gasteiger partial charge in [-0.3, -0.25) is 4.57 Å². The maximum absolute atomic E-state index is 4.71. The average molecular weight is 282 g/mol. The summed E-state index contributed by atoms with van der Waals surface area (Å²) < 4.78 is 2.17. The topological polar surface area (TPSA) is 17.8 Å². The zero-order valence-corrected chi connectivity index (χ0v) is 12.0. The standard InChI is InChI=1S/C20H14N2/c1-2-7-15(8-3-1)22-13-21-20-18-12-14-6-4-5-9-16(14)17(18)10-11-19(20)22/h1-11,13H,12H2. The zero-order valence-electron chi connectivity index (χ0n) is 12.0. The molecule has 0 atom stereocenters. The molecule has 1 aliphatic rings. The van der Waals surface area contributed by atoms with Crippen molar-refractivity contribution in [2.75, 3.05) is 0 Å². The summed E-state index contributed by atoms with van der Waals surface area (Å²) in [6, 6.07) is 23.5. The Morgan fingerprint density at radius 1 is 0.773 bits per heavy atom. The molecular weight excluding hydrogens is 268 g/mol. The fourth-order valence-electron chi connectivity index (χ4n) is 3.49. The summed E-state index contributed by atoms with van der Waals surface area (Å²) in [7, 11) is 0. The van der Waals surface area contributed by atoms with E-state index in [1.54, 1.807) is 0 Å². The van der Waals surface area contributed by atoms with Gasteiger partial charge in [0.05, 0.1) is 11.0 Å². The zero-order chi connectivity index (χ0) is 14.5. The monoisotopic (exact) mass is 282 g/mol. The summed E-state index contributed by atoms with van der Waals surface area (Å²) in [5.41, 5.74) is 8.90. The molecule has 0 saturated carbocycles. The van der Waals surface area contributed by atoms with Crippen LogP contribution in [0.15, 0.2) is 73.1 Å². The third kappa shape index (κ3) is 1.52. The van der Waals surface area contributed by atoms with Crippen LogP contribution in [-0.2, 0) is 6.42 Å². The predicted molar refractivity (Wildman–Crippen MR) is 89.3 cm³/mol. The van der Waals surface area contributed by atoms with E-state index in [1.165, 1.54) is 27.8 Å². The van der Waals surface area contributed by atoms with Crippen molar-refractivity contribution in [3.8, 4) is 16.8 Å². The first-order chi connectivity index (χ1) is 10.9. The van der Waals surface area contributed by atoms with Gasteiger partial charge in [-0.2, -0.15) is 0 Å². The van der Waals surface area contributed by atoms with E-state index in [2.05, 4.69) is 65.2 Å². The van der Waals surface area contributed by atoms with Crippen LogP contribution in [0.4, 0.5) is 0 Å². The van der Waals surface area contributed by atoms with Gasteiger partial charge in [0, 0.05) is 12.1 Å². The molecule has 3 aromatic carbocycles. The number of benzene rings is 3. The lowest BCUT2D eigenvalue weighted by atomic mass is 10.1. The minimum atomic E-state index is 0.981. The number of hydrogen-bond donors (Lipinski definition) is 0. The first-order valence-electron chi connectivity index (χ1n) is 7.54. The molecule has 1 aliphatic carbocycles. The van der Waals surface area contributed by atoms with Crippen molar-refractivity contribution in [1.29, 1.82) is 0 Å². The average Bonchev–Trinajstić information content (AvgIpc) is 3.16. The number of para-hydroxylation sites is 1. The van der Waals surface area contributed by atoms with Gasteiger partial charge in [-0.15, -0.1) is 0 Å². The summed E-state index contributed by atoms with van der Waals surface area (Å²) >= 11 is 0. The lowest BCUT2D eigenvalue weighted by Crippen LogP contribution is -1.91. The van der Waals surface area contributed by atoms with Crippen LogP contribution in [0.1, 0.15) is 11.1 Å². The summed E-state index contributed by atoms with van der Waals surface area (Å²) in [4.78, 5) is 4.71. The number of fused-ring (bicyclic) bond motifs is 5. The molecule has 0 saturated heterocycles. The van der Waals surface area contributed by atoms with E-state index in [1.807, 2.05) is 12.4 Å². The van der Waals surface area contributed by atoms with Crippen LogP contribution in [0.5, 0.6) is 0 Å². The minimum Gasteiger partial charge on any atom is -0.299 e. The van der Waals surface area contributed by atoms with Crippen LogP contribution in [-0.4, -0.2) is 9.55 Å². The van der Waals surface area contributed by atoms with Crippen molar-refractivity contribution < 1.29 is 0 Å². The van der Waals surface area contributed by atoms with Crippen molar-refractivity contribution >= 4 is 11.0 Å². The Bertz CT molecular complexity index is 997. The summed E-state index contributed by atoms with van der Waals surface area (Å²) in [5, 5.41) is 0. The van der Waals surface area contributed by atoms with Gasteiger partial charge >= 0.3 is 0 Å². The van der Waals surface area contributed by atoms with Gasteiger partial charge < -0.3 is 0 Å². The molecule has 2 nitrogen and oxygen atoms in total. The SMILES string of the molecule is c1ccc(-n2cnc3c4c(ccc32)-c2ccccc2C4)cc1. The molecular formula is C20H14N2. The molecule has 0 fully saturated rings. The van der Waals surface area contributed by atoms with Crippen molar-refractivity contribution in [2.24, 2.45) is 0 Å². The highest BCUT2D eigenvalue weighted by Gasteiger charge is 2.21. The van der Waals surface area contributed by atoms with Crippen molar-refractivity contribution in [3.63, 3.8) is 0 Å². The Balaban J connectivity index is 1.77. The van der Waals surface area contributed by atoms with E-state index in [0.29, 0.717) is 0 Å². The number of hydrogen-bond acceptors (Lipinski definition) is 1. The Morgan fingerprint density at radius 3 is 2.50 bits per heavy atom. The second-order valence-corrected chi connectivity index (χ2v) is 5.74. The first-order valence-corrected chi connectivity index (χ1v) is 7.54. The highest BCUT2D eigenvalue weighted by Crippen LogP contribution is 2.40. The van der Waals surface area contributed by atoms with Gasteiger partial charge in [0.2, 0.25) is 0 Å². The van der Waals surface area contributed by atoms with E-state index in [-0.39, 0.29) is 0 Å². The molecule has 1 heterocycles. The number of rotatable bonds is 1. The Morgan fingerprint density at radius 2 is 1.59 bits per heavy atom. The number of aromatic nitrogens is 2. The number of imidazole rings is 1. The Kier molecular flexibility index (Phi) is 2.30. The van der Waals surface area contributed by atoms with Crippen LogP contribution in [0, 0.1) is 0 Å². The summed E-state index contributed by atoms with van der Waals surface area (Å²) in [6.07, 6.45) is 2.91. The van der Waals surface area contributed by atoms with Gasteiger partial charge in [-0.25, -0.2) is 4.98 Å². The third-order valence-corrected chi connectivity index (χ3v) is 4.53. The van der Waals surface area contributed by atoms with E-state index < -0.39 is 0 Å². The maximum atomic E-state index is 4.71. The van der Waals surface area contributed by atoms with Gasteiger partial charge in [0.15, 0.2) is 0 Å². The molecule has 22 heavy (non-hydrogen) atoms. The van der Waals surface area contributed by atoms with Crippen LogP contribution < -0.4 is 0 Å².